The van der Waals surface area contributed by atoms with Crippen LogP contribution in [0.25, 0.3) is 6.08 Å². The number of carbonyl (C=O) groups excluding carboxylic acids is 1. The minimum Gasteiger partial charge on any atom is -0.390 e. The molecule has 4 nitrogen and oxygen atoms in total. The number of nitrogens with one attached hydrogen (secondary N) is 1. The van der Waals surface area contributed by atoms with Crippen molar-refractivity contribution in [2.75, 3.05) is 20.1 Å². The van der Waals surface area contributed by atoms with Gasteiger partial charge < -0.3 is 15.3 Å². The van der Waals surface area contributed by atoms with E-state index in [1.165, 1.54) is 6.08 Å². The second kappa shape index (κ2) is 6.19. The fourth-order valence-electron chi connectivity index (χ4n) is 2.07. The SMILES string of the molecule is CN(C(=O)/C=C/c1ccc(Cl)cc1)[C@H]1CNC[C@@H]1O. The molecule has 2 N–H and O–H groups in total. The third-order valence-electron chi connectivity index (χ3n) is 3.28. The Morgan fingerprint density at radius 3 is 2.68 bits per heavy atom. The van der Waals surface area contributed by atoms with Gasteiger partial charge in [0.1, 0.15) is 0 Å². The van der Waals surface area contributed by atoms with Gasteiger partial charge in [0.05, 0.1) is 12.1 Å². The molecule has 2 atom stereocenters. The molecule has 5 heteroatoms. The summed E-state index contributed by atoms with van der Waals surface area (Å²) < 4.78 is 0. The molecule has 1 heterocycles. The Hall–Kier alpha value is -1.36. The van der Waals surface area contributed by atoms with E-state index in [1.807, 2.05) is 12.1 Å². The fourth-order valence-corrected chi connectivity index (χ4v) is 2.19. The smallest absolute Gasteiger partial charge is 0.246 e. The van der Waals surface area contributed by atoms with Crippen molar-refractivity contribution in [3.05, 3.63) is 40.9 Å². The molecule has 1 aliphatic heterocycles. The van der Waals surface area contributed by atoms with Gasteiger partial charge in [-0.05, 0) is 23.8 Å². The number of nitrogens with zero attached hydrogens (tertiary/aromatic N) is 1. The number of β-amino-alcohol motifs (C(OH)–C–C–N with tert-alkyl or cyclic N) is 1. The molecule has 1 aromatic carbocycles. The van der Waals surface area contributed by atoms with Gasteiger partial charge in [-0.15, -0.1) is 0 Å². The minimum absolute atomic E-state index is 0.123. The van der Waals surface area contributed by atoms with E-state index in [9.17, 15) is 9.90 Å². The Balaban J connectivity index is 1.98. The molecule has 0 radical (unpaired) electrons. The Morgan fingerprint density at radius 2 is 2.11 bits per heavy atom. The van der Waals surface area contributed by atoms with Crippen molar-refractivity contribution in [1.82, 2.24) is 10.2 Å². The molecule has 2 rings (SSSR count). The Morgan fingerprint density at radius 1 is 1.42 bits per heavy atom. The summed E-state index contributed by atoms with van der Waals surface area (Å²) in [6.07, 6.45) is 2.75. The van der Waals surface area contributed by atoms with Gasteiger partial charge in [0.15, 0.2) is 0 Å². The summed E-state index contributed by atoms with van der Waals surface area (Å²) in [6, 6.07) is 7.08. The highest BCUT2D eigenvalue weighted by Crippen LogP contribution is 2.12. The third kappa shape index (κ3) is 3.56. The summed E-state index contributed by atoms with van der Waals surface area (Å²) in [5.41, 5.74) is 0.913. The first-order valence-electron chi connectivity index (χ1n) is 6.17. The molecule has 0 spiro atoms. The van der Waals surface area contributed by atoms with Gasteiger partial charge in [-0.3, -0.25) is 4.79 Å². The van der Waals surface area contributed by atoms with Crippen LogP contribution >= 0.6 is 11.6 Å². The molecule has 1 aromatic rings. The second-order valence-corrected chi connectivity index (χ2v) is 5.06. The quantitative estimate of drug-likeness (QED) is 0.817. The molecule has 0 aromatic heterocycles. The fraction of sp³-hybridized carbons (Fsp3) is 0.357. The Labute approximate surface area is 117 Å². The second-order valence-electron chi connectivity index (χ2n) is 4.63. The molecule has 19 heavy (non-hydrogen) atoms. The maximum Gasteiger partial charge on any atom is 0.246 e. The topological polar surface area (TPSA) is 52.6 Å². The maximum absolute atomic E-state index is 12.0. The molecule has 1 fully saturated rings. The Kier molecular flexibility index (Phi) is 4.58. The summed E-state index contributed by atoms with van der Waals surface area (Å²) >= 11 is 5.79. The molecule has 1 saturated heterocycles. The lowest BCUT2D eigenvalue weighted by molar-refractivity contribution is -0.127. The van der Waals surface area contributed by atoms with E-state index < -0.39 is 6.10 Å². The van der Waals surface area contributed by atoms with Gasteiger partial charge in [-0.2, -0.15) is 0 Å². The number of rotatable bonds is 3. The lowest BCUT2D eigenvalue weighted by atomic mass is 10.1. The molecule has 1 amide bonds. The van der Waals surface area contributed by atoms with Crippen LogP contribution in [0.3, 0.4) is 0 Å². The average Bonchev–Trinajstić information content (AvgIpc) is 2.83. The number of hydrogen-bond donors (Lipinski definition) is 2. The van der Waals surface area contributed by atoms with Crippen molar-refractivity contribution < 1.29 is 9.90 Å². The number of aliphatic hydroxyl groups is 1. The van der Waals surface area contributed by atoms with Crippen LogP contribution in [0.15, 0.2) is 30.3 Å². The minimum atomic E-state index is -0.502. The van der Waals surface area contributed by atoms with E-state index in [2.05, 4.69) is 5.32 Å². The summed E-state index contributed by atoms with van der Waals surface area (Å²) in [5, 5.41) is 13.5. The number of hydrogen-bond acceptors (Lipinski definition) is 3. The van der Waals surface area contributed by atoms with Crippen molar-refractivity contribution in [2.45, 2.75) is 12.1 Å². The van der Waals surface area contributed by atoms with E-state index in [0.717, 1.165) is 5.56 Å². The molecular formula is C14H17ClN2O2. The van der Waals surface area contributed by atoms with Crippen LogP contribution in [0.5, 0.6) is 0 Å². The zero-order chi connectivity index (χ0) is 13.8. The van der Waals surface area contributed by atoms with Gasteiger partial charge in [0.25, 0.3) is 0 Å². The summed E-state index contributed by atoms with van der Waals surface area (Å²) in [4.78, 5) is 13.6. The highest BCUT2D eigenvalue weighted by atomic mass is 35.5. The van der Waals surface area contributed by atoms with E-state index in [0.29, 0.717) is 18.1 Å². The Bertz CT molecular complexity index is 473. The lowest BCUT2D eigenvalue weighted by Gasteiger charge is -2.25. The molecule has 0 bridgehead atoms. The average molecular weight is 281 g/mol. The van der Waals surface area contributed by atoms with Crippen molar-refractivity contribution >= 4 is 23.6 Å². The zero-order valence-corrected chi connectivity index (χ0v) is 11.5. The normalized spacial score (nSPS) is 22.9. The molecule has 1 aliphatic rings. The van der Waals surface area contributed by atoms with E-state index >= 15 is 0 Å². The zero-order valence-electron chi connectivity index (χ0n) is 10.7. The highest BCUT2D eigenvalue weighted by Gasteiger charge is 2.30. The van der Waals surface area contributed by atoms with Crippen LogP contribution in [0, 0.1) is 0 Å². The molecule has 0 saturated carbocycles. The van der Waals surface area contributed by atoms with Crippen LogP contribution in [-0.2, 0) is 4.79 Å². The van der Waals surface area contributed by atoms with Gasteiger partial charge in [-0.25, -0.2) is 0 Å². The maximum atomic E-state index is 12.0. The number of amides is 1. The van der Waals surface area contributed by atoms with Crippen LogP contribution < -0.4 is 5.32 Å². The van der Waals surface area contributed by atoms with Crippen molar-refractivity contribution in [1.29, 1.82) is 0 Å². The highest BCUT2D eigenvalue weighted by molar-refractivity contribution is 6.30. The van der Waals surface area contributed by atoms with Crippen LogP contribution in [0.1, 0.15) is 5.56 Å². The third-order valence-corrected chi connectivity index (χ3v) is 3.54. The van der Waals surface area contributed by atoms with Crippen LogP contribution in [-0.4, -0.2) is 48.2 Å². The molecule has 0 unspecified atom stereocenters. The van der Waals surface area contributed by atoms with E-state index in [1.54, 1.807) is 30.2 Å². The number of benzene rings is 1. The van der Waals surface area contributed by atoms with Gasteiger partial charge in [0, 0.05) is 31.2 Å². The van der Waals surface area contributed by atoms with Crippen molar-refractivity contribution in [3.8, 4) is 0 Å². The predicted molar refractivity (Wildman–Crippen MR) is 75.9 cm³/mol. The largest absolute Gasteiger partial charge is 0.390 e. The van der Waals surface area contributed by atoms with Gasteiger partial charge in [-0.1, -0.05) is 23.7 Å². The van der Waals surface area contributed by atoms with Gasteiger partial charge in [0.2, 0.25) is 5.91 Å². The summed E-state index contributed by atoms with van der Waals surface area (Å²) in [6.45, 7) is 1.15. The number of carbonyl (C=O) groups is 1. The predicted octanol–water partition coefficient (Wildman–Crippen LogP) is 1.14. The molecule has 102 valence electrons. The van der Waals surface area contributed by atoms with Crippen molar-refractivity contribution in [2.24, 2.45) is 0 Å². The first kappa shape index (κ1) is 14.1. The lowest BCUT2D eigenvalue weighted by Crippen LogP contribution is -2.43. The van der Waals surface area contributed by atoms with Crippen LogP contribution in [0.2, 0.25) is 5.02 Å². The molecule has 0 aliphatic carbocycles. The number of halogens is 1. The van der Waals surface area contributed by atoms with E-state index in [-0.39, 0.29) is 11.9 Å². The van der Waals surface area contributed by atoms with Crippen LogP contribution in [0.4, 0.5) is 0 Å². The molecular weight excluding hydrogens is 264 g/mol. The van der Waals surface area contributed by atoms with Crippen molar-refractivity contribution in [3.63, 3.8) is 0 Å². The first-order valence-corrected chi connectivity index (χ1v) is 6.55. The van der Waals surface area contributed by atoms with E-state index in [4.69, 9.17) is 11.6 Å². The standard InChI is InChI=1S/C14H17ClN2O2/c1-17(12-8-16-9-13(12)18)14(19)7-4-10-2-5-11(15)6-3-10/h2-7,12-13,16,18H,8-9H2,1H3/b7-4+/t12-,13-/m0/s1. The summed E-state index contributed by atoms with van der Waals surface area (Å²) in [7, 11) is 1.70. The van der Waals surface area contributed by atoms with Gasteiger partial charge >= 0.3 is 0 Å². The summed E-state index contributed by atoms with van der Waals surface area (Å²) in [5.74, 6) is -0.123. The number of likely N-dealkylation sites (N-methyl/N-ethyl adjacent to an activating group) is 1. The number of aliphatic hydroxyl groups excluding tert-OH is 1. The first-order chi connectivity index (χ1) is 9.08. The monoisotopic (exact) mass is 280 g/mol.